The average molecular weight is 376 g/mol. The molecule has 0 aliphatic rings. The lowest BCUT2D eigenvalue weighted by Gasteiger charge is -2.17. The van der Waals surface area contributed by atoms with E-state index in [2.05, 4.69) is 0 Å². The topological polar surface area (TPSA) is 37.6 Å². The Bertz CT molecular complexity index is 903. The number of hydrogen-bond acceptors (Lipinski definition) is 2. The zero-order chi connectivity index (χ0) is 18.0. The van der Waals surface area contributed by atoms with Gasteiger partial charge in [0.05, 0.1) is 23.0 Å². The monoisotopic (exact) mass is 375 g/mol. The van der Waals surface area contributed by atoms with Crippen LogP contribution < -0.4 is 0 Å². The van der Waals surface area contributed by atoms with Crippen molar-refractivity contribution in [3.05, 3.63) is 58.3 Å². The normalized spacial score (nSPS) is 11.0. The number of carbonyl (C=O) groups excluding carboxylic acids is 1. The van der Waals surface area contributed by atoms with Gasteiger partial charge in [-0.25, -0.2) is 4.98 Å². The minimum absolute atomic E-state index is 0.113. The highest BCUT2D eigenvalue weighted by molar-refractivity contribution is 6.30. The molecule has 4 nitrogen and oxygen atoms in total. The molecule has 0 unspecified atom stereocenters. The van der Waals surface area contributed by atoms with Gasteiger partial charge < -0.3 is 9.30 Å². The van der Waals surface area contributed by atoms with Crippen molar-refractivity contribution in [2.45, 2.75) is 26.3 Å². The molecule has 25 heavy (non-hydrogen) atoms. The maximum atomic E-state index is 12.2. The van der Waals surface area contributed by atoms with Crippen LogP contribution in [-0.2, 0) is 11.3 Å². The molecule has 130 valence electrons. The van der Waals surface area contributed by atoms with Gasteiger partial charge in [-0.3, -0.25) is 4.79 Å². The molecule has 0 aliphatic heterocycles. The van der Waals surface area contributed by atoms with Crippen molar-refractivity contribution in [2.75, 3.05) is 7.05 Å². The van der Waals surface area contributed by atoms with Crippen molar-refractivity contribution in [1.82, 2.24) is 14.3 Å². The Balaban J connectivity index is 2.09. The van der Waals surface area contributed by atoms with Crippen LogP contribution in [0.5, 0.6) is 0 Å². The van der Waals surface area contributed by atoms with E-state index in [1.54, 1.807) is 4.90 Å². The summed E-state index contributed by atoms with van der Waals surface area (Å²) in [4.78, 5) is 18.7. The maximum absolute atomic E-state index is 12.2. The quantitative estimate of drug-likeness (QED) is 0.624. The molecular weight excluding hydrogens is 357 g/mol. The van der Waals surface area contributed by atoms with E-state index >= 15 is 0 Å². The van der Waals surface area contributed by atoms with Gasteiger partial charge in [-0.05, 0) is 30.7 Å². The Hall–Kier alpha value is -2.04. The molecular formula is C19H19Cl2N3O. The minimum Gasteiger partial charge on any atom is -0.340 e. The van der Waals surface area contributed by atoms with Crippen LogP contribution in [0.2, 0.25) is 10.0 Å². The number of carbonyl (C=O) groups is 1. The smallest absolute Gasteiger partial charge is 0.222 e. The Labute approximate surface area is 157 Å². The van der Waals surface area contributed by atoms with Crippen LogP contribution in [0.4, 0.5) is 0 Å². The molecule has 0 bridgehead atoms. The van der Waals surface area contributed by atoms with Gasteiger partial charge in [0.15, 0.2) is 0 Å². The number of halogens is 2. The van der Waals surface area contributed by atoms with Gasteiger partial charge >= 0.3 is 0 Å². The van der Waals surface area contributed by atoms with Crippen LogP contribution in [0.3, 0.4) is 0 Å². The molecule has 3 rings (SSSR count). The molecule has 2 aromatic heterocycles. The first-order valence-electron chi connectivity index (χ1n) is 8.16. The van der Waals surface area contributed by atoms with Gasteiger partial charge in [-0.2, -0.15) is 0 Å². The fourth-order valence-corrected chi connectivity index (χ4v) is 3.06. The lowest BCUT2D eigenvalue weighted by atomic mass is 10.1. The number of hydrogen-bond donors (Lipinski definition) is 0. The number of amides is 1. The van der Waals surface area contributed by atoms with Gasteiger partial charge in [0, 0.05) is 30.3 Å². The predicted octanol–water partition coefficient (Wildman–Crippen LogP) is 5.07. The molecule has 1 aromatic carbocycles. The summed E-state index contributed by atoms with van der Waals surface area (Å²) in [5.74, 6) is 0.113. The van der Waals surface area contributed by atoms with Crippen molar-refractivity contribution in [3.8, 4) is 11.3 Å². The number of aromatic nitrogens is 2. The van der Waals surface area contributed by atoms with Crippen LogP contribution in [-0.4, -0.2) is 27.2 Å². The van der Waals surface area contributed by atoms with Crippen LogP contribution in [0.15, 0.2) is 42.6 Å². The van der Waals surface area contributed by atoms with E-state index in [0.29, 0.717) is 23.0 Å². The summed E-state index contributed by atoms with van der Waals surface area (Å²) in [6, 6.07) is 11.2. The Morgan fingerprint density at radius 2 is 1.80 bits per heavy atom. The van der Waals surface area contributed by atoms with Crippen molar-refractivity contribution in [1.29, 1.82) is 0 Å². The molecule has 0 atom stereocenters. The Morgan fingerprint density at radius 1 is 1.12 bits per heavy atom. The summed E-state index contributed by atoms with van der Waals surface area (Å²) in [5.41, 5.74) is 3.50. The van der Waals surface area contributed by atoms with Crippen LogP contribution in [0.1, 0.15) is 25.5 Å². The van der Waals surface area contributed by atoms with Crippen molar-refractivity contribution in [2.24, 2.45) is 0 Å². The van der Waals surface area contributed by atoms with E-state index in [-0.39, 0.29) is 5.91 Å². The fourth-order valence-electron chi connectivity index (χ4n) is 2.77. The van der Waals surface area contributed by atoms with E-state index in [1.165, 1.54) is 0 Å². The molecule has 0 spiro atoms. The number of pyridine rings is 1. The summed E-state index contributed by atoms with van der Waals surface area (Å²) in [5, 5.41) is 1.30. The summed E-state index contributed by atoms with van der Waals surface area (Å²) in [6.07, 6.45) is 3.19. The third kappa shape index (κ3) is 3.80. The van der Waals surface area contributed by atoms with Crippen LogP contribution in [0.25, 0.3) is 16.9 Å². The molecule has 3 aromatic rings. The largest absolute Gasteiger partial charge is 0.340 e. The number of nitrogens with zero attached hydrogens (tertiary/aromatic N) is 3. The van der Waals surface area contributed by atoms with Gasteiger partial charge in [0.1, 0.15) is 5.65 Å². The van der Waals surface area contributed by atoms with E-state index in [9.17, 15) is 4.79 Å². The first-order valence-corrected chi connectivity index (χ1v) is 8.91. The molecule has 0 aliphatic carbocycles. The highest BCUT2D eigenvalue weighted by Gasteiger charge is 2.18. The van der Waals surface area contributed by atoms with Gasteiger partial charge in [0.2, 0.25) is 5.91 Å². The number of fused-ring (bicyclic) bond motifs is 1. The third-order valence-electron chi connectivity index (χ3n) is 4.08. The molecule has 1 amide bonds. The molecule has 2 heterocycles. The summed E-state index contributed by atoms with van der Waals surface area (Å²) < 4.78 is 1.95. The van der Waals surface area contributed by atoms with Crippen molar-refractivity contribution < 1.29 is 4.79 Å². The fraction of sp³-hybridized carbons (Fsp3) is 0.263. The number of imidazole rings is 1. The molecule has 6 heteroatoms. The van der Waals surface area contributed by atoms with Crippen LogP contribution in [0, 0.1) is 0 Å². The van der Waals surface area contributed by atoms with E-state index in [1.807, 2.05) is 61.0 Å². The van der Waals surface area contributed by atoms with Gasteiger partial charge in [-0.15, -0.1) is 0 Å². The van der Waals surface area contributed by atoms with Gasteiger partial charge in [0.25, 0.3) is 0 Å². The molecule has 0 N–H and O–H groups in total. The second kappa shape index (κ2) is 7.46. The zero-order valence-electron chi connectivity index (χ0n) is 14.2. The summed E-state index contributed by atoms with van der Waals surface area (Å²) in [6.45, 7) is 2.46. The predicted molar refractivity (Wildman–Crippen MR) is 102 cm³/mol. The standard InChI is InChI=1S/C19H19Cl2N3O/c1-3-4-18(25)23(2)12-16-19(13-5-7-14(20)8-6-13)22-17-10-9-15(21)11-24(16)17/h5-11H,3-4,12H2,1-2H3. The molecule has 0 radical (unpaired) electrons. The number of rotatable bonds is 5. The highest BCUT2D eigenvalue weighted by Crippen LogP contribution is 2.28. The van der Waals surface area contributed by atoms with E-state index in [4.69, 9.17) is 28.2 Å². The Morgan fingerprint density at radius 3 is 2.48 bits per heavy atom. The van der Waals surface area contributed by atoms with Crippen LogP contribution >= 0.6 is 23.2 Å². The lowest BCUT2D eigenvalue weighted by Crippen LogP contribution is -2.26. The Kier molecular flexibility index (Phi) is 5.30. The zero-order valence-corrected chi connectivity index (χ0v) is 15.7. The second-order valence-corrected chi connectivity index (χ2v) is 6.86. The summed E-state index contributed by atoms with van der Waals surface area (Å²) >= 11 is 12.2. The van der Waals surface area contributed by atoms with Gasteiger partial charge in [-0.1, -0.05) is 42.3 Å². The number of benzene rings is 1. The summed E-state index contributed by atoms with van der Waals surface area (Å²) in [7, 11) is 1.81. The minimum atomic E-state index is 0.113. The average Bonchev–Trinajstić information content (AvgIpc) is 2.93. The molecule has 0 saturated carbocycles. The van der Waals surface area contributed by atoms with Crippen molar-refractivity contribution >= 4 is 34.8 Å². The maximum Gasteiger partial charge on any atom is 0.222 e. The molecule has 0 fully saturated rings. The lowest BCUT2D eigenvalue weighted by molar-refractivity contribution is -0.130. The first kappa shape index (κ1) is 17.8. The SMILES string of the molecule is CCCC(=O)N(C)Cc1c(-c2ccc(Cl)cc2)nc2ccc(Cl)cn12. The molecule has 0 saturated heterocycles. The highest BCUT2D eigenvalue weighted by atomic mass is 35.5. The second-order valence-electron chi connectivity index (χ2n) is 5.99. The van der Waals surface area contributed by atoms with E-state index in [0.717, 1.165) is 29.0 Å². The first-order chi connectivity index (χ1) is 12.0. The van der Waals surface area contributed by atoms with E-state index < -0.39 is 0 Å². The van der Waals surface area contributed by atoms with Crippen molar-refractivity contribution in [3.63, 3.8) is 0 Å². The third-order valence-corrected chi connectivity index (χ3v) is 4.55.